The molecule has 82 valence electrons. The first-order valence-electron chi connectivity index (χ1n) is 5.38. The second-order valence-electron chi connectivity index (χ2n) is 4.08. The van der Waals surface area contributed by atoms with Crippen LogP contribution in [0.15, 0.2) is 23.4 Å². The predicted octanol–water partition coefficient (Wildman–Crippen LogP) is 2.03. The van der Waals surface area contributed by atoms with Crippen LogP contribution in [0, 0.1) is 0 Å². The van der Waals surface area contributed by atoms with Crippen LogP contribution in [0.5, 0.6) is 0 Å². The van der Waals surface area contributed by atoms with E-state index in [-0.39, 0.29) is 0 Å². The van der Waals surface area contributed by atoms with Gasteiger partial charge < -0.3 is 11.5 Å². The molecule has 0 unspecified atom stereocenters. The molecule has 1 aliphatic carbocycles. The summed E-state index contributed by atoms with van der Waals surface area (Å²) in [4.78, 5) is 4.30. The van der Waals surface area contributed by atoms with Crippen molar-refractivity contribution in [1.82, 2.24) is 4.98 Å². The lowest BCUT2D eigenvalue weighted by Gasteiger charge is -2.25. The lowest BCUT2D eigenvalue weighted by molar-refractivity contribution is 0.450. The zero-order valence-corrected chi connectivity index (χ0v) is 9.54. The molecule has 1 aromatic rings. The zero-order valence-electron chi connectivity index (χ0n) is 8.73. The van der Waals surface area contributed by atoms with Crippen LogP contribution in [-0.4, -0.2) is 16.3 Å². The number of hydrogen-bond donors (Lipinski definition) is 2. The largest absolute Gasteiger partial charge is 0.397 e. The van der Waals surface area contributed by atoms with E-state index in [1.54, 1.807) is 6.20 Å². The Hall–Kier alpha value is -0.740. The summed E-state index contributed by atoms with van der Waals surface area (Å²) >= 11 is 1.85. The van der Waals surface area contributed by atoms with Gasteiger partial charge in [0.05, 0.1) is 16.9 Å². The molecule has 1 aromatic heterocycles. The van der Waals surface area contributed by atoms with Crippen LogP contribution in [0.3, 0.4) is 0 Å². The van der Waals surface area contributed by atoms with Crippen LogP contribution in [0.2, 0.25) is 0 Å². The minimum Gasteiger partial charge on any atom is -0.397 e. The zero-order chi connectivity index (χ0) is 10.7. The molecule has 1 fully saturated rings. The summed E-state index contributed by atoms with van der Waals surface area (Å²) in [6, 6.07) is 4.32. The number of nitrogens with two attached hydrogens (primary N) is 2. The Morgan fingerprint density at radius 2 is 1.93 bits per heavy atom. The maximum atomic E-state index is 5.87. The number of pyridine rings is 1. The fourth-order valence-electron chi connectivity index (χ4n) is 1.84. The molecule has 0 saturated heterocycles. The van der Waals surface area contributed by atoms with Gasteiger partial charge in [0.15, 0.2) is 0 Å². The van der Waals surface area contributed by atoms with Gasteiger partial charge in [0.2, 0.25) is 0 Å². The predicted molar refractivity (Wildman–Crippen MR) is 64.7 cm³/mol. The average Bonchev–Trinajstić information content (AvgIpc) is 2.25. The molecule has 15 heavy (non-hydrogen) atoms. The lowest BCUT2D eigenvalue weighted by Crippen LogP contribution is -2.27. The molecule has 1 saturated carbocycles. The molecular weight excluding hydrogens is 206 g/mol. The smallest absolute Gasteiger partial charge is 0.0964 e. The molecule has 1 aliphatic rings. The third-order valence-electron chi connectivity index (χ3n) is 2.77. The Kier molecular flexibility index (Phi) is 3.49. The number of rotatable bonds is 2. The Labute approximate surface area is 94.6 Å². The molecule has 1 heterocycles. The Morgan fingerprint density at radius 3 is 2.53 bits per heavy atom. The average molecular weight is 223 g/mol. The van der Waals surface area contributed by atoms with Crippen molar-refractivity contribution in [2.24, 2.45) is 5.73 Å². The topological polar surface area (TPSA) is 64.9 Å². The van der Waals surface area contributed by atoms with Gasteiger partial charge in [-0.3, -0.25) is 0 Å². The molecule has 0 aliphatic heterocycles. The van der Waals surface area contributed by atoms with Crippen LogP contribution in [0.4, 0.5) is 5.69 Å². The van der Waals surface area contributed by atoms with E-state index in [1.807, 2.05) is 23.9 Å². The van der Waals surface area contributed by atoms with Crippen molar-refractivity contribution in [3.8, 4) is 0 Å². The lowest BCUT2D eigenvalue weighted by atomic mass is 9.96. The highest BCUT2D eigenvalue weighted by molar-refractivity contribution is 7.99. The van der Waals surface area contributed by atoms with E-state index in [1.165, 1.54) is 12.8 Å². The highest BCUT2D eigenvalue weighted by Gasteiger charge is 2.19. The van der Waals surface area contributed by atoms with E-state index >= 15 is 0 Å². The van der Waals surface area contributed by atoms with E-state index in [9.17, 15) is 0 Å². The number of anilines is 1. The van der Waals surface area contributed by atoms with Crippen LogP contribution in [0.1, 0.15) is 25.7 Å². The standard InChI is InChI=1S/C11H17N3S/c12-8-1-4-10(5-2-8)15-11-6-3-9(13)7-14-11/h3,6-8,10H,1-2,4-5,12-13H2. The second-order valence-corrected chi connectivity index (χ2v) is 5.41. The Morgan fingerprint density at radius 1 is 1.20 bits per heavy atom. The van der Waals surface area contributed by atoms with Gasteiger partial charge in [-0.25, -0.2) is 4.98 Å². The Bertz CT molecular complexity index is 304. The first-order valence-corrected chi connectivity index (χ1v) is 6.26. The summed E-state index contributed by atoms with van der Waals surface area (Å²) in [5, 5.41) is 1.76. The van der Waals surface area contributed by atoms with Gasteiger partial charge in [-0.15, -0.1) is 11.8 Å². The summed E-state index contributed by atoms with van der Waals surface area (Å²) < 4.78 is 0. The normalized spacial score (nSPS) is 26.5. The molecule has 0 bridgehead atoms. The summed E-state index contributed by atoms with van der Waals surface area (Å²) in [5.41, 5.74) is 12.2. The molecule has 0 spiro atoms. The summed E-state index contributed by atoms with van der Waals surface area (Å²) in [5.74, 6) is 0. The summed E-state index contributed by atoms with van der Waals surface area (Å²) in [7, 11) is 0. The van der Waals surface area contributed by atoms with Crippen LogP contribution in [-0.2, 0) is 0 Å². The van der Waals surface area contributed by atoms with Crippen molar-refractivity contribution in [3.05, 3.63) is 18.3 Å². The fourth-order valence-corrected chi connectivity index (χ4v) is 2.95. The second kappa shape index (κ2) is 4.86. The van der Waals surface area contributed by atoms with E-state index in [0.29, 0.717) is 11.3 Å². The molecule has 0 amide bonds. The molecule has 4 N–H and O–H groups in total. The molecule has 4 heteroatoms. The quantitative estimate of drug-likeness (QED) is 0.805. The number of nitrogen functional groups attached to an aromatic ring is 1. The third-order valence-corrected chi connectivity index (χ3v) is 4.05. The van der Waals surface area contributed by atoms with Gasteiger partial charge in [0.1, 0.15) is 0 Å². The third kappa shape index (κ3) is 3.11. The first kappa shape index (κ1) is 10.8. The molecule has 0 radical (unpaired) electrons. The Balaban J connectivity index is 1.89. The van der Waals surface area contributed by atoms with Crippen molar-refractivity contribution in [2.45, 2.75) is 42.0 Å². The minimum absolute atomic E-state index is 0.418. The van der Waals surface area contributed by atoms with Gasteiger partial charge >= 0.3 is 0 Å². The van der Waals surface area contributed by atoms with E-state index in [0.717, 1.165) is 23.6 Å². The summed E-state index contributed by atoms with van der Waals surface area (Å²) in [6.07, 6.45) is 6.42. The van der Waals surface area contributed by atoms with Gasteiger partial charge in [0.25, 0.3) is 0 Å². The molecule has 0 atom stereocenters. The molecule has 2 rings (SSSR count). The summed E-state index contributed by atoms with van der Waals surface area (Å²) in [6.45, 7) is 0. The maximum absolute atomic E-state index is 5.87. The first-order chi connectivity index (χ1) is 7.24. The van der Waals surface area contributed by atoms with Gasteiger partial charge in [0, 0.05) is 11.3 Å². The molecular formula is C11H17N3S. The molecule has 3 nitrogen and oxygen atoms in total. The van der Waals surface area contributed by atoms with Crippen LogP contribution >= 0.6 is 11.8 Å². The van der Waals surface area contributed by atoms with Gasteiger partial charge in [-0.2, -0.15) is 0 Å². The van der Waals surface area contributed by atoms with Crippen LogP contribution in [0.25, 0.3) is 0 Å². The number of hydrogen-bond acceptors (Lipinski definition) is 4. The van der Waals surface area contributed by atoms with Gasteiger partial charge in [-0.05, 0) is 37.8 Å². The van der Waals surface area contributed by atoms with Crippen LogP contribution < -0.4 is 11.5 Å². The van der Waals surface area contributed by atoms with Crippen molar-refractivity contribution >= 4 is 17.4 Å². The highest BCUT2D eigenvalue weighted by Crippen LogP contribution is 2.32. The van der Waals surface area contributed by atoms with Crippen molar-refractivity contribution < 1.29 is 0 Å². The SMILES string of the molecule is Nc1ccc(SC2CCC(N)CC2)nc1. The van der Waals surface area contributed by atoms with E-state index in [2.05, 4.69) is 4.98 Å². The van der Waals surface area contributed by atoms with E-state index < -0.39 is 0 Å². The number of thioether (sulfide) groups is 1. The monoisotopic (exact) mass is 223 g/mol. The van der Waals surface area contributed by atoms with Gasteiger partial charge in [-0.1, -0.05) is 0 Å². The highest BCUT2D eigenvalue weighted by atomic mass is 32.2. The van der Waals surface area contributed by atoms with E-state index in [4.69, 9.17) is 11.5 Å². The minimum atomic E-state index is 0.418. The van der Waals surface area contributed by atoms with Crippen molar-refractivity contribution in [1.29, 1.82) is 0 Å². The van der Waals surface area contributed by atoms with Crippen molar-refractivity contribution in [2.75, 3.05) is 5.73 Å². The van der Waals surface area contributed by atoms with Crippen molar-refractivity contribution in [3.63, 3.8) is 0 Å². The number of aromatic nitrogens is 1. The maximum Gasteiger partial charge on any atom is 0.0964 e. The molecule has 0 aromatic carbocycles. The fraction of sp³-hybridized carbons (Fsp3) is 0.545. The number of nitrogens with zero attached hydrogens (tertiary/aromatic N) is 1.